The first-order valence-corrected chi connectivity index (χ1v) is 10.3. The van der Waals surface area contributed by atoms with Gasteiger partial charge in [0.15, 0.2) is 0 Å². The molecule has 0 fully saturated rings. The molecule has 0 radical (unpaired) electrons. The van der Waals surface area contributed by atoms with E-state index in [9.17, 15) is 5.26 Å². The quantitative estimate of drug-likeness (QED) is 0.316. The Labute approximate surface area is 173 Å². The number of nitriles is 1. The molecule has 1 aromatic carbocycles. The van der Waals surface area contributed by atoms with Crippen molar-refractivity contribution in [2.75, 3.05) is 0 Å². The minimum atomic E-state index is 0.450. The molecular weight excluding hydrogens is 419 g/mol. The molecule has 132 valence electrons. The fourth-order valence-electron chi connectivity index (χ4n) is 2.48. The predicted octanol–water partition coefficient (Wildman–Crippen LogP) is 7.50. The molecule has 27 heavy (non-hydrogen) atoms. The molecule has 0 spiro atoms. The van der Waals surface area contributed by atoms with Gasteiger partial charge in [-0.2, -0.15) is 5.26 Å². The van der Waals surface area contributed by atoms with Gasteiger partial charge in [-0.15, -0.1) is 22.7 Å². The van der Waals surface area contributed by atoms with Crippen LogP contribution in [0.1, 0.15) is 10.8 Å². The molecule has 7 heteroatoms. The van der Waals surface area contributed by atoms with E-state index in [4.69, 9.17) is 27.6 Å². The van der Waals surface area contributed by atoms with E-state index in [2.05, 4.69) is 11.1 Å². The van der Waals surface area contributed by atoms with Crippen LogP contribution in [0.25, 0.3) is 33.5 Å². The number of rotatable bonds is 4. The fraction of sp³-hybridized carbons (Fsp3) is 0. The maximum atomic E-state index is 9.55. The normalized spacial score (nSPS) is 11.5. The van der Waals surface area contributed by atoms with Gasteiger partial charge < -0.3 is 4.42 Å². The highest BCUT2D eigenvalue weighted by atomic mass is 35.5. The highest BCUT2D eigenvalue weighted by molar-refractivity contribution is 7.14. The largest absolute Gasteiger partial charge is 0.457 e. The minimum Gasteiger partial charge on any atom is -0.457 e. The van der Waals surface area contributed by atoms with Crippen LogP contribution >= 0.6 is 45.9 Å². The van der Waals surface area contributed by atoms with Crippen molar-refractivity contribution in [1.29, 1.82) is 5.26 Å². The zero-order valence-electron chi connectivity index (χ0n) is 13.6. The number of hydrogen-bond donors (Lipinski definition) is 0. The second-order valence-corrected chi connectivity index (χ2v) is 8.16. The summed E-state index contributed by atoms with van der Waals surface area (Å²) in [4.78, 5) is 5.65. The van der Waals surface area contributed by atoms with Crippen molar-refractivity contribution in [2.45, 2.75) is 0 Å². The Kier molecular flexibility index (Phi) is 5.15. The van der Waals surface area contributed by atoms with Crippen LogP contribution < -0.4 is 0 Å². The number of nitrogens with zero attached hydrogens (tertiary/aromatic N) is 2. The summed E-state index contributed by atoms with van der Waals surface area (Å²) < 4.78 is 5.85. The van der Waals surface area contributed by atoms with E-state index in [0.717, 1.165) is 16.1 Å². The van der Waals surface area contributed by atoms with Crippen LogP contribution in [0.5, 0.6) is 0 Å². The van der Waals surface area contributed by atoms with Crippen molar-refractivity contribution >= 4 is 57.5 Å². The number of thiophene rings is 1. The van der Waals surface area contributed by atoms with Crippen LogP contribution in [0, 0.1) is 11.3 Å². The van der Waals surface area contributed by atoms with Crippen molar-refractivity contribution in [1.82, 2.24) is 4.98 Å². The molecule has 0 N–H and O–H groups in total. The zero-order valence-corrected chi connectivity index (χ0v) is 16.8. The van der Waals surface area contributed by atoms with Gasteiger partial charge in [0.2, 0.25) is 0 Å². The third-order valence-electron chi connectivity index (χ3n) is 3.74. The third kappa shape index (κ3) is 3.85. The highest BCUT2D eigenvalue weighted by Crippen LogP contribution is 2.33. The lowest BCUT2D eigenvalue weighted by Crippen LogP contribution is -1.81. The highest BCUT2D eigenvalue weighted by Gasteiger charge is 2.12. The molecule has 0 aliphatic carbocycles. The van der Waals surface area contributed by atoms with Gasteiger partial charge in [-0.1, -0.05) is 29.3 Å². The summed E-state index contributed by atoms with van der Waals surface area (Å²) in [7, 11) is 0. The molecule has 3 aromatic heterocycles. The molecule has 0 unspecified atom stereocenters. The van der Waals surface area contributed by atoms with E-state index >= 15 is 0 Å². The van der Waals surface area contributed by atoms with Gasteiger partial charge >= 0.3 is 0 Å². The van der Waals surface area contributed by atoms with Crippen molar-refractivity contribution in [3.8, 4) is 28.0 Å². The third-order valence-corrected chi connectivity index (χ3v) is 6.05. The van der Waals surface area contributed by atoms with Crippen LogP contribution in [-0.2, 0) is 0 Å². The standard InChI is InChI=1S/C20H10Cl2N2OS2/c21-13-3-5-15(16(22)9-13)18-6-4-14(25-18)8-12(10-23)20-24-17(11-27-20)19-2-1-7-26-19/h1-9,11H/b12-8+. The molecule has 3 nitrogen and oxygen atoms in total. The summed E-state index contributed by atoms with van der Waals surface area (Å²) >= 11 is 15.2. The Hall–Kier alpha value is -2.36. The van der Waals surface area contributed by atoms with Gasteiger partial charge in [-0.3, -0.25) is 0 Å². The van der Waals surface area contributed by atoms with E-state index in [1.54, 1.807) is 41.7 Å². The summed E-state index contributed by atoms with van der Waals surface area (Å²) in [6.07, 6.45) is 1.68. The number of halogens is 2. The summed E-state index contributed by atoms with van der Waals surface area (Å²) in [5.41, 5.74) is 2.07. The molecule has 0 bridgehead atoms. The predicted molar refractivity (Wildman–Crippen MR) is 113 cm³/mol. The second-order valence-electron chi connectivity index (χ2n) is 5.51. The Morgan fingerprint density at radius 1 is 1.15 bits per heavy atom. The Morgan fingerprint density at radius 3 is 2.78 bits per heavy atom. The van der Waals surface area contributed by atoms with Crippen molar-refractivity contribution in [3.63, 3.8) is 0 Å². The molecule has 0 aliphatic rings. The van der Waals surface area contributed by atoms with Crippen LogP contribution in [0.15, 0.2) is 57.6 Å². The maximum absolute atomic E-state index is 9.55. The minimum absolute atomic E-state index is 0.450. The second kappa shape index (κ2) is 7.71. The van der Waals surface area contributed by atoms with Crippen LogP contribution in [0.3, 0.4) is 0 Å². The molecule has 4 aromatic rings. The van der Waals surface area contributed by atoms with E-state index in [1.807, 2.05) is 29.0 Å². The van der Waals surface area contributed by atoms with E-state index < -0.39 is 0 Å². The van der Waals surface area contributed by atoms with Crippen molar-refractivity contribution in [3.05, 3.63) is 74.0 Å². The molecule has 0 aliphatic heterocycles. The number of hydrogen-bond acceptors (Lipinski definition) is 5. The monoisotopic (exact) mass is 428 g/mol. The SMILES string of the molecule is N#C/C(=C\c1ccc(-c2ccc(Cl)cc2Cl)o1)c1nc(-c2cccs2)cs1. The van der Waals surface area contributed by atoms with E-state index in [1.165, 1.54) is 11.3 Å². The molecule has 4 rings (SSSR count). The van der Waals surface area contributed by atoms with Crippen LogP contribution in [-0.4, -0.2) is 4.98 Å². The first-order chi connectivity index (χ1) is 13.1. The van der Waals surface area contributed by atoms with Crippen molar-refractivity contribution < 1.29 is 4.42 Å². The van der Waals surface area contributed by atoms with Crippen LogP contribution in [0.4, 0.5) is 0 Å². The van der Waals surface area contributed by atoms with Gasteiger partial charge in [0.25, 0.3) is 0 Å². The van der Waals surface area contributed by atoms with Gasteiger partial charge in [0.05, 0.1) is 21.2 Å². The average molecular weight is 429 g/mol. The first-order valence-electron chi connectivity index (χ1n) is 7.81. The van der Waals surface area contributed by atoms with Gasteiger partial charge in [0, 0.05) is 22.0 Å². The zero-order chi connectivity index (χ0) is 18.8. The molecule has 0 saturated carbocycles. The Morgan fingerprint density at radius 2 is 2.04 bits per heavy atom. The van der Waals surface area contributed by atoms with Crippen LogP contribution in [0.2, 0.25) is 10.0 Å². The Balaban J connectivity index is 1.64. The summed E-state index contributed by atoms with van der Waals surface area (Å²) in [5.74, 6) is 1.17. The molecule has 0 saturated heterocycles. The lowest BCUT2D eigenvalue weighted by molar-refractivity contribution is 0.572. The van der Waals surface area contributed by atoms with E-state index in [0.29, 0.717) is 32.1 Å². The lowest BCUT2D eigenvalue weighted by atomic mass is 10.2. The van der Waals surface area contributed by atoms with E-state index in [-0.39, 0.29) is 0 Å². The van der Waals surface area contributed by atoms with Gasteiger partial charge in [-0.05, 0) is 41.8 Å². The topological polar surface area (TPSA) is 49.8 Å². The summed E-state index contributed by atoms with van der Waals surface area (Å²) in [6, 6.07) is 15.0. The van der Waals surface area contributed by atoms with Gasteiger partial charge in [-0.25, -0.2) is 4.98 Å². The maximum Gasteiger partial charge on any atom is 0.136 e. The number of allylic oxidation sites excluding steroid dienone is 1. The summed E-state index contributed by atoms with van der Waals surface area (Å²) in [6.45, 7) is 0. The number of thiazole rings is 1. The van der Waals surface area contributed by atoms with Crippen molar-refractivity contribution in [2.24, 2.45) is 0 Å². The number of furan rings is 1. The molecule has 0 atom stereocenters. The number of aromatic nitrogens is 1. The smallest absolute Gasteiger partial charge is 0.136 e. The van der Waals surface area contributed by atoms with Gasteiger partial charge in [0.1, 0.15) is 22.6 Å². The molecule has 0 amide bonds. The number of benzene rings is 1. The lowest BCUT2D eigenvalue weighted by Gasteiger charge is -2.00. The fourth-order valence-corrected chi connectivity index (χ4v) is 4.53. The molecular formula is C20H10Cl2N2OS2. The first kappa shape index (κ1) is 18.0. The molecule has 3 heterocycles. The summed E-state index contributed by atoms with van der Waals surface area (Å²) in [5, 5.41) is 15.2. The Bertz CT molecular complexity index is 1170. The average Bonchev–Trinajstić information content (AvgIpc) is 3.40.